The average Bonchev–Trinajstić information content (AvgIpc) is 3.38. The van der Waals surface area contributed by atoms with Crippen molar-refractivity contribution in [2.75, 3.05) is 25.5 Å². The van der Waals surface area contributed by atoms with Gasteiger partial charge in [0, 0.05) is 42.0 Å². The molecule has 0 bridgehead atoms. The lowest BCUT2D eigenvalue weighted by molar-refractivity contribution is -0.138. The summed E-state index contributed by atoms with van der Waals surface area (Å²) in [4.78, 5) is 2.43. The first-order chi connectivity index (χ1) is 16.9. The first kappa shape index (κ1) is 28.0. The van der Waals surface area contributed by atoms with Gasteiger partial charge in [-0.15, -0.1) is 0 Å². The van der Waals surface area contributed by atoms with Crippen LogP contribution in [0.1, 0.15) is 74.8 Å². The van der Waals surface area contributed by atoms with E-state index in [-0.39, 0.29) is 28.5 Å². The second-order valence-corrected chi connectivity index (χ2v) is 9.55. The van der Waals surface area contributed by atoms with E-state index in [4.69, 9.17) is 0 Å². The monoisotopic (exact) mass is 509 g/mol. The van der Waals surface area contributed by atoms with Gasteiger partial charge in [0.1, 0.15) is 0 Å². The molecule has 8 heteroatoms. The maximum atomic E-state index is 14.2. The lowest BCUT2D eigenvalue weighted by atomic mass is 9.78. The highest BCUT2D eigenvalue weighted by atomic mass is 19.4. The van der Waals surface area contributed by atoms with Crippen LogP contribution in [-0.2, 0) is 12.1 Å². The van der Waals surface area contributed by atoms with Crippen LogP contribution >= 0.6 is 0 Å². The molecule has 0 radical (unpaired) electrons. The SMILES string of the molecule is C=C(NC(c1ccccc1)C(CC)(CC)N1CCCC1)c1c(NC)cc(C(C)(F)F)cc1C(F)(F)F. The summed E-state index contributed by atoms with van der Waals surface area (Å²) in [6.07, 6.45) is -1.17. The predicted molar refractivity (Wildman–Crippen MR) is 136 cm³/mol. The summed E-state index contributed by atoms with van der Waals surface area (Å²) in [5.74, 6) is -3.43. The van der Waals surface area contributed by atoms with E-state index >= 15 is 0 Å². The van der Waals surface area contributed by atoms with Crippen LogP contribution in [0.5, 0.6) is 0 Å². The Balaban J connectivity index is 2.17. The summed E-state index contributed by atoms with van der Waals surface area (Å²) in [5, 5.41) is 6.04. The van der Waals surface area contributed by atoms with E-state index in [1.165, 1.54) is 7.05 Å². The summed E-state index contributed by atoms with van der Waals surface area (Å²) >= 11 is 0. The molecule has 198 valence electrons. The molecule has 3 rings (SSSR count). The molecular weight excluding hydrogens is 473 g/mol. The lowest BCUT2D eigenvalue weighted by Gasteiger charge is -2.48. The number of rotatable bonds is 10. The molecule has 1 aliphatic rings. The second-order valence-electron chi connectivity index (χ2n) is 9.55. The van der Waals surface area contributed by atoms with Crippen molar-refractivity contribution in [1.29, 1.82) is 0 Å². The highest BCUT2D eigenvalue weighted by molar-refractivity contribution is 5.78. The van der Waals surface area contributed by atoms with Crippen LogP contribution in [0, 0.1) is 0 Å². The van der Waals surface area contributed by atoms with Crippen molar-refractivity contribution in [3.63, 3.8) is 0 Å². The molecule has 0 saturated carbocycles. The van der Waals surface area contributed by atoms with Crippen LogP contribution < -0.4 is 10.6 Å². The van der Waals surface area contributed by atoms with Crippen molar-refractivity contribution in [2.24, 2.45) is 0 Å². The van der Waals surface area contributed by atoms with Crippen LogP contribution in [-0.4, -0.2) is 30.6 Å². The lowest BCUT2D eigenvalue weighted by Crippen LogP contribution is -2.54. The van der Waals surface area contributed by atoms with E-state index in [9.17, 15) is 22.0 Å². The quantitative estimate of drug-likeness (QED) is 0.320. The molecule has 1 heterocycles. The van der Waals surface area contributed by atoms with E-state index in [1.54, 1.807) is 0 Å². The van der Waals surface area contributed by atoms with Gasteiger partial charge in [-0.2, -0.15) is 13.2 Å². The van der Waals surface area contributed by atoms with Crippen molar-refractivity contribution in [2.45, 2.75) is 70.1 Å². The van der Waals surface area contributed by atoms with Gasteiger partial charge in [-0.25, -0.2) is 8.78 Å². The molecule has 2 aromatic carbocycles. The summed E-state index contributed by atoms with van der Waals surface area (Å²) in [6, 6.07) is 10.9. The maximum absolute atomic E-state index is 14.2. The van der Waals surface area contributed by atoms with Crippen molar-refractivity contribution in [3.05, 3.63) is 71.3 Å². The molecule has 1 unspecified atom stereocenters. The normalized spacial score (nSPS) is 16.1. The van der Waals surface area contributed by atoms with E-state index < -0.39 is 23.2 Å². The minimum absolute atomic E-state index is 0.0389. The fraction of sp³-hybridized carbons (Fsp3) is 0.500. The molecule has 2 N–H and O–H groups in total. The second kappa shape index (κ2) is 10.8. The molecule has 0 aliphatic carbocycles. The molecule has 36 heavy (non-hydrogen) atoms. The number of nitrogens with zero attached hydrogens (tertiary/aromatic N) is 1. The number of likely N-dealkylation sites (tertiary alicyclic amines) is 1. The Kier molecular flexibility index (Phi) is 8.38. The van der Waals surface area contributed by atoms with Gasteiger partial charge in [-0.1, -0.05) is 50.8 Å². The van der Waals surface area contributed by atoms with Crippen molar-refractivity contribution < 1.29 is 22.0 Å². The third kappa shape index (κ3) is 5.53. The number of hydrogen-bond acceptors (Lipinski definition) is 3. The fourth-order valence-corrected chi connectivity index (χ4v) is 5.51. The molecule has 1 saturated heterocycles. The van der Waals surface area contributed by atoms with E-state index in [1.807, 2.05) is 30.3 Å². The topological polar surface area (TPSA) is 27.3 Å². The number of anilines is 1. The molecular formula is C28H36F5N3. The minimum Gasteiger partial charge on any atom is -0.388 e. The fourth-order valence-electron chi connectivity index (χ4n) is 5.51. The van der Waals surface area contributed by atoms with E-state index in [0.717, 1.165) is 50.4 Å². The largest absolute Gasteiger partial charge is 0.417 e. The van der Waals surface area contributed by atoms with Gasteiger partial charge < -0.3 is 10.6 Å². The number of halogens is 5. The minimum atomic E-state index is -4.85. The molecule has 0 amide bonds. The zero-order valence-corrected chi connectivity index (χ0v) is 21.4. The predicted octanol–water partition coefficient (Wildman–Crippen LogP) is 7.82. The van der Waals surface area contributed by atoms with Crippen molar-refractivity contribution in [1.82, 2.24) is 10.2 Å². The first-order valence-electron chi connectivity index (χ1n) is 12.5. The maximum Gasteiger partial charge on any atom is 0.417 e. The number of benzene rings is 2. The summed E-state index contributed by atoms with van der Waals surface area (Å²) in [5.41, 5.74) is -1.54. The molecule has 0 spiro atoms. The molecule has 3 nitrogen and oxygen atoms in total. The van der Waals surface area contributed by atoms with Crippen LogP contribution in [0.4, 0.5) is 27.6 Å². The Morgan fingerprint density at radius 2 is 1.58 bits per heavy atom. The Bertz CT molecular complexity index is 1030. The number of hydrogen-bond donors (Lipinski definition) is 2. The molecule has 2 aromatic rings. The van der Waals surface area contributed by atoms with E-state index in [0.29, 0.717) is 13.0 Å². The van der Waals surface area contributed by atoms with Crippen LogP contribution in [0.15, 0.2) is 49.0 Å². The van der Waals surface area contributed by atoms with Crippen LogP contribution in [0.25, 0.3) is 5.70 Å². The average molecular weight is 510 g/mol. The Morgan fingerprint density at radius 1 is 1.00 bits per heavy atom. The van der Waals surface area contributed by atoms with Gasteiger partial charge in [0.2, 0.25) is 0 Å². The van der Waals surface area contributed by atoms with Crippen molar-refractivity contribution in [3.8, 4) is 0 Å². The Hall–Kier alpha value is -2.61. The summed E-state index contributed by atoms with van der Waals surface area (Å²) in [7, 11) is 1.42. The molecule has 1 atom stereocenters. The zero-order chi connectivity index (χ0) is 26.7. The molecule has 1 aliphatic heterocycles. The Labute approximate surface area is 210 Å². The van der Waals surface area contributed by atoms with Gasteiger partial charge in [-0.05, 0) is 56.5 Å². The first-order valence-corrected chi connectivity index (χ1v) is 12.5. The number of nitrogens with one attached hydrogen (secondary N) is 2. The van der Waals surface area contributed by atoms with Gasteiger partial charge in [-0.3, -0.25) is 4.90 Å². The summed E-state index contributed by atoms with van der Waals surface area (Å²) < 4.78 is 70.8. The van der Waals surface area contributed by atoms with Gasteiger partial charge in [0.25, 0.3) is 5.92 Å². The summed E-state index contributed by atoms with van der Waals surface area (Å²) in [6.45, 7) is 10.6. The van der Waals surface area contributed by atoms with Crippen LogP contribution in [0.3, 0.4) is 0 Å². The van der Waals surface area contributed by atoms with E-state index in [2.05, 4.69) is 36.0 Å². The number of alkyl halides is 5. The standard InChI is InChI=1S/C28H36F5N3/c1-6-27(7-2,36-15-11-12-16-36)25(20-13-9-8-10-14-20)35-19(3)24-22(28(31,32)33)17-21(26(4,29)30)18-23(24)34-5/h8-10,13-14,17-18,25,34-35H,3,6-7,11-12,15-16H2,1-2,4-5H3. The molecule has 0 aromatic heterocycles. The molecule has 1 fully saturated rings. The third-order valence-corrected chi connectivity index (χ3v) is 7.47. The highest BCUT2D eigenvalue weighted by Crippen LogP contribution is 2.45. The van der Waals surface area contributed by atoms with Gasteiger partial charge >= 0.3 is 6.18 Å². The van der Waals surface area contributed by atoms with Gasteiger partial charge in [0.05, 0.1) is 11.6 Å². The third-order valence-electron chi connectivity index (χ3n) is 7.47. The van der Waals surface area contributed by atoms with Crippen LogP contribution in [0.2, 0.25) is 0 Å². The highest BCUT2D eigenvalue weighted by Gasteiger charge is 2.44. The van der Waals surface area contributed by atoms with Crippen molar-refractivity contribution >= 4 is 11.4 Å². The zero-order valence-electron chi connectivity index (χ0n) is 21.4. The van der Waals surface area contributed by atoms with Gasteiger partial charge in [0.15, 0.2) is 0 Å². The Morgan fingerprint density at radius 3 is 2.06 bits per heavy atom. The smallest absolute Gasteiger partial charge is 0.388 e.